The molecule has 0 heterocycles. The van der Waals surface area contributed by atoms with Gasteiger partial charge in [0.2, 0.25) is 0 Å². The van der Waals surface area contributed by atoms with E-state index in [-0.39, 0.29) is 0 Å². The second-order valence-corrected chi connectivity index (χ2v) is 6.39. The molecule has 0 saturated heterocycles. The molecular formula is C20H25N. The zero-order valence-corrected chi connectivity index (χ0v) is 12.9. The molecule has 1 heteroatoms. The lowest BCUT2D eigenvalue weighted by Crippen LogP contribution is -2.19. The predicted octanol–water partition coefficient (Wildman–Crippen LogP) is 3.84. The summed E-state index contributed by atoms with van der Waals surface area (Å²) in [6, 6.07) is 15.7. The largest absolute Gasteiger partial charge is 0.330 e. The van der Waals surface area contributed by atoms with Crippen molar-refractivity contribution in [1.29, 1.82) is 0 Å². The third kappa shape index (κ3) is 3.36. The van der Waals surface area contributed by atoms with E-state index in [0.717, 1.165) is 19.4 Å². The van der Waals surface area contributed by atoms with Crippen LogP contribution in [0.3, 0.4) is 0 Å². The molecule has 1 aliphatic carbocycles. The van der Waals surface area contributed by atoms with Gasteiger partial charge in [0.1, 0.15) is 0 Å². The average molecular weight is 279 g/mol. The van der Waals surface area contributed by atoms with E-state index in [4.69, 9.17) is 5.73 Å². The van der Waals surface area contributed by atoms with Gasteiger partial charge in [0, 0.05) is 0 Å². The van der Waals surface area contributed by atoms with E-state index in [9.17, 15) is 0 Å². The lowest BCUT2D eigenvalue weighted by Gasteiger charge is -2.17. The maximum absolute atomic E-state index is 6.03. The fourth-order valence-electron chi connectivity index (χ4n) is 3.47. The zero-order chi connectivity index (χ0) is 14.7. The third-order valence-electron chi connectivity index (χ3n) is 4.79. The first-order valence-corrected chi connectivity index (χ1v) is 8.11. The highest BCUT2D eigenvalue weighted by Gasteiger charge is 2.14. The number of fused-ring (bicyclic) bond motifs is 1. The van der Waals surface area contributed by atoms with Gasteiger partial charge in [-0.25, -0.2) is 0 Å². The summed E-state index contributed by atoms with van der Waals surface area (Å²) in [6.45, 7) is 2.95. The minimum Gasteiger partial charge on any atom is -0.330 e. The summed E-state index contributed by atoms with van der Waals surface area (Å²) in [5.41, 5.74) is 13.4. The predicted molar refractivity (Wildman–Crippen MR) is 89.6 cm³/mol. The van der Waals surface area contributed by atoms with Crippen LogP contribution in [0.5, 0.6) is 0 Å². The topological polar surface area (TPSA) is 26.0 Å². The first-order valence-electron chi connectivity index (χ1n) is 8.11. The Labute approximate surface area is 128 Å². The average Bonchev–Trinajstić information content (AvgIpc) is 2.96. The van der Waals surface area contributed by atoms with Crippen molar-refractivity contribution in [3.63, 3.8) is 0 Å². The molecule has 1 nitrogen and oxygen atoms in total. The molecular weight excluding hydrogens is 254 g/mol. The SMILES string of the molecule is Cc1ccccc1CC(CN)Cc1ccc2c(c1)CCC2. The monoisotopic (exact) mass is 279 g/mol. The third-order valence-corrected chi connectivity index (χ3v) is 4.79. The maximum atomic E-state index is 6.03. The maximum Gasteiger partial charge on any atom is -0.00425 e. The number of hydrogen-bond donors (Lipinski definition) is 1. The molecule has 2 N–H and O–H groups in total. The fourth-order valence-corrected chi connectivity index (χ4v) is 3.47. The molecule has 1 unspecified atom stereocenters. The number of benzene rings is 2. The van der Waals surface area contributed by atoms with Gasteiger partial charge in [0.25, 0.3) is 0 Å². The van der Waals surface area contributed by atoms with Crippen LogP contribution in [0.15, 0.2) is 42.5 Å². The highest BCUT2D eigenvalue weighted by molar-refractivity contribution is 5.35. The molecule has 110 valence electrons. The summed E-state index contributed by atoms with van der Waals surface area (Å²) >= 11 is 0. The molecule has 1 atom stereocenters. The minimum atomic E-state index is 0.533. The van der Waals surface area contributed by atoms with E-state index < -0.39 is 0 Å². The van der Waals surface area contributed by atoms with E-state index in [2.05, 4.69) is 49.4 Å². The molecule has 0 saturated carbocycles. The van der Waals surface area contributed by atoms with Gasteiger partial charge in [-0.2, -0.15) is 0 Å². The lowest BCUT2D eigenvalue weighted by molar-refractivity contribution is 0.532. The van der Waals surface area contributed by atoms with Gasteiger partial charge in [-0.15, -0.1) is 0 Å². The molecule has 0 fully saturated rings. The van der Waals surface area contributed by atoms with Crippen LogP contribution in [-0.4, -0.2) is 6.54 Å². The summed E-state index contributed by atoms with van der Waals surface area (Å²) in [5.74, 6) is 0.533. The first-order chi connectivity index (χ1) is 10.3. The summed E-state index contributed by atoms with van der Waals surface area (Å²) < 4.78 is 0. The second kappa shape index (κ2) is 6.44. The van der Waals surface area contributed by atoms with E-state index in [1.54, 1.807) is 11.1 Å². The zero-order valence-electron chi connectivity index (χ0n) is 12.9. The minimum absolute atomic E-state index is 0.533. The van der Waals surface area contributed by atoms with Crippen LogP contribution in [0.2, 0.25) is 0 Å². The van der Waals surface area contributed by atoms with Gasteiger partial charge in [-0.1, -0.05) is 42.5 Å². The van der Waals surface area contributed by atoms with Crippen molar-refractivity contribution in [2.45, 2.75) is 39.0 Å². The molecule has 0 bridgehead atoms. The van der Waals surface area contributed by atoms with Crippen LogP contribution in [-0.2, 0) is 25.7 Å². The quantitative estimate of drug-likeness (QED) is 0.884. The van der Waals surface area contributed by atoms with Gasteiger partial charge in [-0.05, 0) is 79.3 Å². The molecule has 0 aromatic heterocycles. The molecule has 21 heavy (non-hydrogen) atoms. The van der Waals surface area contributed by atoms with E-state index >= 15 is 0 Å². The Hall–Kier alpha value is -1.60. The van der Waals surface area contributed by atoms with Crippen molar-refractivity contribution in [3.8, 4) is 0 Å². The van der Waals surface area contributed by atoms with Crippen LogP contribution < -0.4 is 5.73 Å². The lowest BCUT2D eigenvalue weighted by atomic mass is 9.90. The molecule has 0 aliphatic heterocycles. The molecule has 0 amide bonds. The van der Waals surface area contributed by atoms with E-state index in [0.29, 0.717) is 5.92 Å². The summed E-state index contributed by atoms with van der Waals surface area (Å²) in [7, 11) is 0. The normalized spacial score (nSPS) is 15.0. The van der Waals surface area contributed by atoms with Gasteiger partial charge in [0.15, 0.2) is 0 Å². The number of nitrogens with two attached hydrogens (primary N) is 1. The first kappa shape index (κ1) is 14.3. The summed E-state index contributed by atoms with van der Waals surface area (Å²) in [5, 5.41) is 0. The number of rotatable bonds is 5. The van der Waals surface area contributed by atoms with Crippen LogP contribution in [0.25, 0.3) is 0 Å². The Bertz CT molecular complexity index is 615. The van der Waals surface area contributed by atoms with Crippen molar-refractivity contribution in [2.75, 3.05) is 6.54 Å². The Morgan fingerprint density at radius 2 is 1.81 bits per heavy atom. The Morgan fingerprint density at radius 3 is 2.62 bits per heavy atom. The van der Waals surface area contributed by atoms with Gasteiger partial charge in [-0.3, -0.25) is 0 Å². The number of aryl methyl sites for hydroxylation is 3. The van der Waals surface area contributed by atoms with Crippen molar-refractivity contribution in [2.24, 2.45) is 11.7 Å². The van der Waals surface area contributed by atoms with Crippen LogP contribution in [0.1, 0.15) is 34.2 Å². The smallest absolute Gasteiger partial charge is 0.00425 e. The Kier molecular flexibility index (Phi) is 4.40. The van der Waals surface area contributed by atoms with Crippen LogP contribution in [0, 0.1) is 12.8 Å². The molecule has 0 spiro atoms. The summed E-state index contributed by atoms with van der Waals surface area (Å²) in [4.78, 5) is 0. The fraction of sp³-hybridized carbons (Fsp3) is 0.400. The van der Waals surface area contributed by atoms with Crippen molar-refractivity contribution in [1.82, 2.24) is 0 Å². The molecule has 2 aromatic carbocycles. The van der Waals surface area contributed by atoms with Crippen molar-refractivity contribution >= 4 is 0 Å². The van der Waals surface area contributed by atoms with Gasteiger partial charge in [0.05, 0.1) is 0 Å². The van der Waals surface area contributed by atoms with Crippen LogP contribution in [0.4, 0.5) is 0 Å². The number of hydrogen-bond acceptors (Lipinski definition) is 1. The van der Waals surface area contributed by atoms with Crippen LogP contribution >= 0.6 is 0 Å². The Balaban J connectivity index is 1.71. The van der Waals surface area contributed by atoms with E-state index in [1.807, 2.05) is 0 Å². The summed E-state index contributed by atoms with van der Waals surface area (Å²) in [6.07, 6.45) is 6.02. The van der Waals surface area contributed by atoms with Gasteiger partial charge < -0.3 is 5.73 Å². The van der Waals surface area contributed by atoms with Gasteiger partial charge >= 0.3 is 0 Å². The molecule has 0 radical (unpaired) electrons. The van der Waals surface area contributed by atoms with Crippen molar-refractivity contribution in [3.05, 3.63) is 70.3 Å². The Morgan fingerprint density at radius 1 is 1.00 bits per heavy atom. The molecule has 2 aromatic rings. The highest BCUT2D eigenvalue weighted by atomic mass is 14.5. The van der Waals surface area contributed by atoms with Crippen molar-refractivity contribution < 1.29 is 0 Å². The molecule has 1 aliphatic rings. The van der Waals surface area contributed by atoms with E-state index in [1.165, 1.54) is 36.0 Å². The molecule has 3 rings (SSSR count). The highest BCUT2D eigenvalue weighted by Crippen LogP contribution is 2.24. The standard InChI is InChI=1S/C20H25N/c1-15-5-2-3-6-19(15)13-17(14-21)11-16-9-10-18-7-4-8-20(18)12-16/h2-3,5-6,9-10,12,17H,4,7-8,11,13-14,21H2,1H3. The second-order valence-electron chi connectivity index (χ2n) is 6.39.